The third-order valence-corrected chi connectivity index (χ3v) is 5.77. The van der Waals surface area contributed by atoms with Gasteiger partial charge in [-0.1, -0.05) is 20.8 Å². The summed E-state index contributed by atoms with van der Waals surface area (Å²) >= 11 is 0. The molecule has 2 aliphatic heterocycles. The van der Waals surface area contributed by atoms with Gasteiger partial charge < -0.3 is 26.0 Å². The van der Waals surface area contributed by atoms with Gasteiger partial charge in [-0.2, -0.15) is 13.2 Å². The molecule has 0 radical (unpaired) electrons. The van der Waals surface area contributed by atoms with Gasteiger partial charge in [0.25, 0.3) is 17.7 Å². The number of nitrogens with one attached hydrogen (secondary N) is 4. The third kappa shape index (κ3) is 6.39. The highest BCUT2D eigenvalue weighted by molar-refractivity contribution is 6.19. The summed E-state index contributed by atoms with van der Waals surface area (Å²) in [6.07, 6.45) is -1.60. The van der Waals surface area contributed by atoms with Crippen LogP contribution in [0.15, 0.2) is 23.8 Å². The van der Waals surface area contributed by atoms with E-state index in [-0.39, 0.29) is 34.4 Å². The van der Waals surface area contributed by atoms with E-state index in [0.29, 0.717) is 13.0 Å². The molecule has 2 unspecified atom stereocenters. The van der Waals surface area contributed by atoms with Crippen LogP contribution in [-0.4, -0.2) is 80.3 Å². The van der Waals surface area contributed by atoms with Crippen LogP contribution < -0.4 is 21.4 Å². The van der Waals surface area contributed by atoms with Gasteiger partial charge in [0.2, 0.25) is 5.88 Å². The average molecular weight is 527 g/mol. The highest BCUT2D eigenvalue weighted by atomic mass is 19.4. The number of hydrogen-bond acceptors (Lipinski definition) is 9. The Morgan fingerprint density at radius 1 is 1.16 bits per heavy atom. The molecule has 1 aliphatic carbocycles. The summed E-state index contributed by atoms with van der Waals surface area (Å²) in [5.41, 5.74) is 2.08. The van der Waals surface area contributed by atoms with Crippen molar-refractivity contribution in [2.24, 2.45) is 5.41 Å². The standard InChI is InChI=1S/C22H29F3N8O4/c1-21(2,3)10-32-15-6-13(30-14-8-26-12(7-27-14)17(34)28-9-22(23,24)25)31-33(15)20(37)16(19(32)36)18(35)29-11-4-5-11/h7-8,11,13,15,31,36H,4-6,9-10H2,1-3H3,(H,27,30)(H,28,34)(H,29,35). The third-order valence-electron chi connectivity index (χ3n) is 5.77. The Bertz CT molecular complexity index is 1100. The van der Waals surface area contributed by atoms with Crippen LogP contribution in [-0.2, 0) is 9.59 Å². The van der Waals surface area contributed by atoms with Gasteiger partial charge in [0.15, 0.2) is 5.57 Å². The number of hydrazine groups is 1. The number of fused-ring (bicyclic) bond motifs is 1. The molecule has 1 aromatic rings. The maximum Gasteiger partial charge on any atom is 0.405 e. The van der Waals surface area contributed by atoms with E-state index in [9.17, 15) is 32.7 Å². The molecule has 0 bridgehead atoms. The topological polar surface area (TPSA) is 152 Å². The second-order valence-electron chi connectivity index (χ2n) is 10.4. The molecular weight excluding hydrogens is 497 g/mol. The molecule has 2 fully saturated rings. The number of nitrogens with zero attached hydrogens (tertiary/aromatic N) is 4. The SMILES string of the molecule is CC(C)(C)CN1C(O)=C(C(=O)NC2CC2)C(=O)N2NC(Nc3cnc(C(=O)NCC(F)(F)F)cn3)CC12. The summed E-state index contributed by atoms with van der Waals surface area (Å²) in [5, 5.41) is 19.7. The van der Waals surface area contributed by atoms with Crippen molar-refractivity contribution in [2.75, 3.05) is 18.4 Å². The Kier molecular flexibility index (Phi) is 6.92. The van der Waals surface area contributed by atoms with Gasteiger partial charge in [-0.3, -0.25) is 14.4 Å². The molecule has 2 atom stereocenters. The Hall–Kier alpha value is -3.62. The van der Waals surface area contributed by atoms with Gasteiger partial charge >= 0.3 is 6.18 Å². The van der Waals surface area contributed by atoms with Crippen LogP contribution in [0.5, 0.6) is 0 Å². The summed E-state index contributed by atoms with van der Waals surface area (Å²) in [5.74, 6) is -2.50. The molecule has 1 saturated carbocycles. The predicted molar refractivity (Wildman–Crippen MR) is 123 cm³/mol. The zero-order valence-electron chi connectivity index (χ0n) is 20.5. The number of anilines is 1. The molecule has 0 spiro atoms. The monoisotopic (exact) mass is 526 g/mol. The lowest BCUT2D eigenvalue weighted by atomic mass is 9.95. The number of aliphatic hydroxyl groups excluding tert-OH is 1. The van der Waals surface area contributed by atoms with Gasteiger partial charge in [0, 0.05) is 19.0 Å². The van der Waals surface area contributed by atoms with Gasteiger partial charge in [-0.15, -0.1) is 0 Å². The van der Waals surface area contributed by atoms with Crippen molar-refractivity contribution in [1.82, 2.24) is 35.9 Å². The summed E-state index contributed by atoms with van der Waals surface area (Å²) in [7, 11) is 0. The summed E-state index contributed by atoms with van der Waals surface area (Å²) in [6, 6.07) is -0.00701. The first-order chi connectivity index (χ1) is 17.2. The number of hydrogen-bond donors (Lipinski definition) is 5. The quantitative estimate of drug-likeness (QED) is 0.328. The Balaban J connectivity index is 1.46. The highest BCUT2D eigenvalue weighted by Gasteiger charge is 2.49. The lowest BCUT2D eigenvalue weighted by Gasteiger charge is -2.42. The maximum atomic E-state index is 13.2. The molecular formula is C22H29F3N8O4. The molecule has 37 heavy (non-hydrogen) atoms. The van der Waals surface area contributed by atoms with Crippen LogP contribution in [0.4, 0.5) is 19.0 Å². The molecule has 12 nitrogen and oxygen atoms in total. The molecule has 3 amide bonds. The average Bonchev–Trinajstić information content (AvgIpc) is 3.50. The first kappa shape index (κ1) is 26.4. The van der Waals surface area contributed by atoms with Crippen molar-refractivity contribution < 1.29 is 32.7 Å². The van der Waals surface area contributed by atoms with E-state index < -0.39 is 42.8 Å². The van der Waals surface area contributed by atoms with Crippen LogP contribution in [0, 0.1) is 5.41 Å². The van der Waals surface area contributed by atoms with E-state index in [4.69, 9.17) is 0 Å². The van der Waals surface area contributed by atoms with E-state index in [0.717, 1.165) is 19.0 Å². The first-order valence-corrected chi connectivity index (χ1v) is 11.8. The fourth-order valence-corrected chi connectivity index (χ4v) is 4.02. The van der Waals surface area contributed by atoms with Gasteiger partial charge in [-0.25, -0.2) is 20.4 Å². The summed E-state index contributed by atoms with van der Waals surface area (Å²) < 4.78 is 36.9. The van der Waals surface area contributed by atoms with Gasteiger partial charge in [0.1, 0.15) is 24.2 Å². The van der Waals surface area contributed by atoms with Crippen molar-refractivity contribution in [3.8, 4) is 0 Å². The first-order valence-electron chi connectivity index (χ1n) is 11.8. The molecule has 3 aliphatic rings. The zero-order valence-corrected chi connectivity index (χ0v) is 20.5. The lowest BCUT2D eigenvalue weighted by Crippen LogP contribution is -2.58. The van der Waals surface area contributed by atoms with E-state index in [1.165, 1.54) is 11.2 Å². The molecule has 1 saturated heterocycles. The number of carbonyl (C=O) groups is 3. The van der Waals surface area contributed by atoms with Crippen molar-refractivity contribution in [1.29, 1.82) is 0 Å². The molecule has 15 heteroatoms. The second-order valence-corrected chi connectivity index (χ2v) is 10.4. The minimum Gasteiger partial charge on any atom is -0.494 e. The number of aliphatic hydroxyl groups is 1. The Labute approximate surface area is 210 Å². The largest absolute Gasteiger partial charge is 0.494 e. The Morgan fingerprint density at radius 2 is 1.86 bits per heavy atom. The van der Waals surface area contributed by atoms with Crippen LogP contribution in [0.25, 0.3) is 0 Å². The number of aromatic nitrogens is 2. The molecule has 0 aromatic carbocycles. The van der Waals surface area contributed by atoms with Crippen LogP contribution in [0.3, 0.4) is 0 Å². The molecule has 202 valence electrons. The molecule has 1 aromatic heterocycles. The van der Waals surface area contributed by atoms with E-state index in [2.05, 4.69) is 26.0 Å². The minimum atomic E-state index is -4.55. The van der Waals surface area contributed by atoms with E-state index >= 15 is 0 Å². The normalized spacial score (nSPS) is 22.2. The number of carbonyl (C=O) groups excluding carboxylic acids is 3. The molecule has 3 heterocycles. The minimum absolute atomic E-state index is 0.00701. The number of halogens is 3. The summed E-state index contributed by atoms with van der Waals surface area (Å²) in [6.45, 7) is 4.75. The fourth-order valence-electron chi connectivity index (χ4n) is 4.02. The predicted octanol–water partition coefficient (Wildman–Crippen LogP) is 0.980. The van der Waals surface area contributed by atoms with Crippen molar-refractivity contribution in [3.05, 3.63) is 29.5 Å². The smallest absolute Gasteiger partial charge is 0.405 e. The van der Waals surface area contributed by atoms with Crippen LogP contribution >= 0.6 is 0 Å². The second kappa shape index (κ2) is 9.68. The van der Waals surface area contributed by atoms with Crippen molar-refractivity contribution in [2.45, 2.75) is 64.6 Å². The fraction of sp³-hybridized carbons (Fsp3) is 0.591. The number of alkyl halides is 3. The Morgan fingerprint density at radius 3 is 2.43 bits per heavy atom. The zero-order chi connectivity index (χ0) is 27.1. The maximum absolute atomic E-state index is 13.2. The number of rotatable bonds is 7. The van der Waals surface area contributed by atoms with Crippen molar-refractivity contribution in [3.63, 3.8) is 0 Å². The van der Waals surface area contributed by atoms with E-state index in [1.807, 2.05) is 20.8 Å². The molecule has 4 rings (SSSR count). The lowest BCUT2D eigenvalue weighted by molar-refractivity contribution is -0.142. The number of amides is 3. The molecule has 5 N–H and O–H groups in total. The van der Waals surface area contributed by atoms with Crippen LogP contribution in [0.2, 0.25) is 0 Å². The van der Waals surface area contributed by atoms with E-state index in [1.54, 1.807) is 10.2 Å². The summed E-state index contributed by atoms with van der Waals surface area (Å²) in [4.78, 5) is 47.3. The van der Waals surface area contributed by atoms with Gasteiger partial charge in [-0.05, 0) is 18.3 Å². The van der Waals surface area contributed by atoms with Crippen molar-refractivity contribution >= 4 is 23.5 Å². The van der Waals surface area contributed by atoms with Gasteiger partial charge in [0.05, 0.1) is 18.6 Å². The van der Waals surface area contributed by atoms with Crippen LogP contribution in [0.1, 0.15) is 50.5 Å². The highest BCUT2D eigenvalue weighted by Crippen LogP contribution is 2.33.